The van der Waals surface area contributed by atoms with E-state index in [0.717, 1.165) is 74.5 Å². The Morgan fingerprint density at radius 3 is 2.41 bits per heavy atom. The number of hydrogen-bond donors (Lipinski definition) is 0. The Hall–Kier alpha value is -1.74. The second kappa shape index (κ2) is 15.9. The molecular weight excluding hydrogens is 504 g/mol. The number of halogens is 1. The van der Waals surface area contributed by atoms with Gasteiger partial charge in [-0.3, -0.25) is 9.98 Å². The van der Waals surface area contributed by atoms with E-state index in [1.807, 2.05) is 13.0 Å². The van der Waals surface area contributed by atoms with Crippen molar-refractivity contribution in [1.29, 1.82) is 5.26 Å². The molecule has 0 aromatic rings. The molecule has 2 atom stereocenters. The molecule has 2 fully saturated rings. The molecule has 0 bridgehead atoms. The largest absolute Gasteiger partial charge is 0.381 e. The van der Waals surface area contributed by atoms with Gasteiger partial charge in [-0.2, -0.15) is 5.26 Å². The summed E-state index contributed by atoms with van der Waals surface area (Å²) in [4.78, 5) is 13.0. The molecule has 39 heavy (non-hydrogen) atoms. The molecule has 216 valence electrons. The summed E-state index contributed by atoms with van der Waals surface area (Å²) in [7, 11) is 0. The maximum Gasteiger partial charge on any atom is 0.0812 e. The molecule has 1 saturated heterocycles. The Morgan fingerprint density at radius 1 is 1.15 bits per heavy atom. The summed E-state index contributed by atoms with van der Waals surface area (Å²) in [5.41, 5.74) is 3.04. The monoisotopic (exact) mass is 554 g/mol. The van der Waals surface area contributed by atoms with E-state index in [1.54, 1.807) is 0 Å². The lowest BCUT2D eigenvalue weighted by Crippen LogP contribution is -2.38. The standard InChI is InChI=1S/C33H51ClN4O/c1-6-25(37-26-14-16-27(17-15-26)38(9-4)10-5)22-30(31(34)8-3)29-12-11-13-32(28(29)7-2)36-24-33(23-35)18-20-39-21-19-33/h8,11,13,22,26-29H,6-7,9-10,12,14-21,24H2,1-5H3/b30-22-,31-8?,36-32?,37-25?. The third-order valence-electron chi connectivity index (χ3n) is 9.19. The van der Waals surface area contributed by atoms with Crippen LogP contribution in [0.1, 0.15) is 92.4 Å². The fraction of sp³-hybridized carbons (Fsp3) is 0.727. The van der Waals surface area contributed by atoms with Gasteiger partial charge in [0.1, 0.15) is 0 Å². The first-order chi connectivity index (χ1) is 18.9. The Bertz CT molecular complexity index is 970. The maximum atomic E-state index is 9.92. The third-order valence-corrected chi connectivity index (χ3v) is 9.63. The zero-order valence-corrected chi connectivity index (χ0v) is 25.8. The molecule has 0 aromatic heterocycles. The van der Waals surface area contributed by atoms with Gasteiger partial charge in [0, 0.05) is 41.6 Å². The van der Waals surface area contributed by atoms with Gasteiger partial charge in [0.25, 0.3) is 0 Å². The molecule has 0 spiro atoms. The Morgan fingerprint density at radius 2 is 1.85 bits per heavy atom. The molecule has 2 unspecified atom stereocenters. The van der Waals surface area contributed by atoms with Crippen molar-refractivity contribution in [2.75, 3.05) is 32.8 Å². The van der Waals surface area contributed by atoms with Crippen LogP contribution in [0.2, 0.25) is 0 Å². The van der Waals surface area contributed by atoms with Crippen molar-refractivity contribution in [3.63, 3.8) is 0 Å². The van der Waals surface area contributed by atoms with Gasteiger partial charge < -0.3 is 9.64 Å². The van der Waals surface area contributed by atoms with Crippen molar-refractivity contribution in [2.24, 2.45) is 27.2 Å². The second-order valence-electron chi connectivity index (χ2n) is 11.4. The second-order valence-corrected chi connectivity index (χ2v) is 11.8. The number of ether oxygens (including phenoxy) is 1. The van der Waals surface area contributed by atoms with Gasteiger partial charge in [0.2, 0.25) is 0 Å². The summed E-state index contributed by atoms with van der Waals surface area (Å²) < 4.78 is 5.52. The summed E-state index contributed by atoms with van der Waals surface area (Å²) in [6.07, 6.45) is 17.9. The Kier molecular flexibility index (Phi) is 13.0. The molecule has 3 rings (SSSR count). The van der Waals surface area contributed by atoms with E-state index in [2.05, 4.69) is 56.9 Å². The van der Waals surface area contributed by atoms with Gasteiger partial charge >= 0.3 is 0 Å². The summed E-state index contributed by atoms with van der Waals surface area (Å²) in [5.74, 6) is 0.526. The van der Waals surface area contributed by atoms with Crippen LogP contribution >= 0.6 is 11.6 Å². The molecule has 0 N–H and O–H groups in total. The number of rotatable bonds is 11. The Balaban J connectivity index is 1.82. The topological polar surface area (TPSA) is 61.0 Å². The number of nitriles is 1. The smallest absolute Gasteiger partial charge is 0.0812 e. The molecule has 1 saturated carbocycles. The zero-order valence-electron chi connectivity index (χ0n) is 25.1. The molecule has 0 radical (unpaired) electrons. The zero-order chi connectivity index (χ0) is 28.3. The fourth-order valence-corrected chi connectivity index (χ4v) is 6.80. The van der Waals surface area contributed by atoms with Gasteiger partial charge in [-0.15, -0.1) is 0 Å². The van der Waals surface area contributed by atoms with Crippen LogP contribution in [0.5, 0.6) is 0 Å². The van der Waals surface area contributed by atoms with E-state index in [1.165, 1.54) is 18.4 Å². The first kappa shape index (κ1) is 31.8. The average molecular weight is 555 g/mol. The molecule has 1 heterocycles. The van der Waals surface area contributed by atoms with Crippen LogP contribution < -0.4 is 0 Å². The van der Waals surface area contributed by atoms with Gasteiger partial charge in [0.05, 0.1) is 24.1 Å². The van der Waals surface area contributed by atoms with Crippen LogP contribution in [0.4, 0.5) is 0 Å². The molecule has 1 aliphatic heterocycles. The van der Waals surface area contributed by atoms with Crippen molar-refractivity contribution >= 4 is 23.0 Å². The number of nitrogens with zero attached hydrogens (tertiary/aromatic N) is 4. The lowest BCUT2D eigenvalue weighted by atomic mass is 9.74. The number of aliphatic imine (C=N–C) groups is 2. The van der Waals surface area contributed by atoms with Gasteiger partial charge in [-0.05, 0) is 101 Å². The first-order valence-corrected chi connectivity index (χ1v) is 15.9. The molecule has 3 aliphatic rings. The lowest BCUT2D eigenvalue weighted by Gasteiger charge is -2.35. The van der Waals surface area contributed by atoms with Crippen LogP contribution in [-0.2, 0) is 4.74 Å². The normalized spacial score (nSPS) is 29.6. The van der Waals surface area contributed by atoms with Crippen molar-refractivity contribution in [3.05, 3.63) is 34.9 Å². The average Bonchev–Trinajstić information content (AvgIpc) is 2.99. The highest BCUT2D eigenvalue weighted by Gasteiger charge is 2.35. The quantitative estimate of drug-likeness (QED) is 0.192. The minimum absolute atomic E-state index is 0.255. The summed E-state index contributed by atoms with van der Waals surface area (Å²) in [6.45, 7) is 15.1. The van der Waals surface area contributed by atoms with Gasteiger partial charge in [-0.1, -0.05) is 51.4 Å². The van der Waals surface area contributed by atoms with Gasteiger partial charge in [0.15, 0.2) is 0 Å². The molecule has 2 aliphatic carbocycles. The maximum absolute atomic E-state index is 9.92. The van der Waals surface area contributed by atoms with E-state index in [4.69, 9.17) is 26.3 Å². The van der Waals surface area contributed by atoms with Crippen molar-refractivity contribution < 1.29 is 4.74 Å². The van der Waals surface area contributed by atoms with Crippen LogP contribution in [0.3, 0.4) is 0 Å². The highest BCUT2D eigenvalue weighted by atomic mass is 35.5. The number of hydrogen-bond acceptors (Lipinski definition) is 5. The van der Waals surface area contributed by atoms with Crippen LogP contribution in [0.15, 0.2) is 44.9 Å². The number of allylic oxidation sites excluding steroid dienone is 6. The van der Waals surface area contributed by atoms with E-state index in [-0.39, 0.29) is 11.8 Å². The highest BCUT2D eigenvalue weighted by molar-refractivity contribution is 6.32. The lowest BCUT2D eigenvalue weighted by molar-refractivity contribution is 0.0441. The Labute approximate surface area is 243 Å². The van der Waals surface area contributed by atoms with Crippen LogP contribution in [0, 0.1) is 28.6 Å². The van der Waals surface area contributed by atoms with E-state index < -0.39 is 5.41 Å². The first-order valence-electron chi connectivity index (χ1n) is 15.5. The fourth-order valence-electron chi connectivity index (χ4n) is 6.60. The summed E-state index contributed by atoms with van der Waals surface area (Å²) in [5, 5.41) is 10.7. The van der Waals surface area contributed by atoms with Gasteiger partial charge in [-0.25, -0.2) is 0 Å². The minimum Gasteiger partial charge on any atom is -0.381 e. The predicted molar refractivity (Wildman–Crippen MR) is 166 cm³/mol. The summed E-state index contributed by atoms with van der Waals surface area (Å²) in [6, 6.07) is 3.68. The molecule has 0 amide bonds. The van der Waals surface area contributed by atoms with Crippen molar-refractivity contribution in [1.82, 2.24) is 4.90 Å². The third kappa shape index (κ3) is 8.38. The highest BCUT2D eigenvalue weighted by Crippen LogP contribution is 2.38. The van der Waals surface area contributed by atoms with E-state index in [0.29, 0.717) is 31.8 Å². The van der Waals surface area contributed by atoms with Crippen molar-refractivity contribution in [3.8, 4) is 6.07 Å². The molecule has 6 heteroatoms. The SMILES string of the molecule is CC=C(Cl)/C(=C\C(CC)=NC1CCC(N(CC)CC)CC1)C1CC=CC(=NCC2(C#N)CCOCC2)C1CC. The van der Waals surface area contributed by atoms with E-state index >= 15 is 0 Å². The summed E-state index contributed by atoms with van der Waals surface area (Å²) >= 11 is 6.92. The molecule has 5 nitrogen and oxygen atoms in total. The van der Waals surface area contributed by atoms with E-state index in [9.17, 15) is 5.26 Å². The molecular formula is C33H51ClN4O. The van der Waals surface area contributed by atoms with Crippen molar-refractivity contribution in [2.45, 2.75) is 104 Å². The van der Waals surface area contributed by atoms with Crippen LogP contribution in [0.25, 0.3) is 0 Å². The minimum atomic E-state index is -0.406. The predicted octanol–water partition coefficient (Wildman–Crippen LogP) is 7.92. The molecule has 0 aromatic carbocycles. The van der Waals surface area contributed by atoms with Crippen LogP contribution in [-0.4, -0.2) is 61.3 Å².